The molecular formula is C15H20N4O2S. The smallest absolute Gasteiger partial charge is 0.279 e. The molecule has 1 atom stereocenters. The Kier molecular flexibility index (Phi) is 5.94. The molecule has 6 nitrogen and oxygen atoms in total. The van der Waals surface area contributed by atoms with Crippen LogP contribution in [0.5, 0.6) is 0 Å². The van der Waals surface area contributed by atoms with Crippen molar-refractivity contribution in [3.05, 3.63) is 52.4 Å². The van der Waals surface area contributed by atoms with Crippen molar-refractivity contribution in [3.8, 4) is 0 Å². The maximum Gasteiger partial charge on any atom is 0.279 e. The molecule has 2 heterocycles. The van der Waals surface area contributed by atoms with E-state index in [4.69, 9.17) is 0 Å². The van der Waals surface area contributed by atoms with Crippen LogP contribution >= 0.6 is 11.8 Å². The van der Waals surface area contributed by atoms with Crippen molar-refractivity contribution in [2.45, 2.75) is 25.3 Å². The molecular weight excluding hydrogens is 300 g/mol. The van der Waals surface area contributed by atoms with Crippen molar-refractivity contribution in [2.24, 2.45) is 4.99 Å². The van der Waals surface area contributed by atoms with Gasteiger partial charge in [-0.2, -0.15) is 0 Å². The van der Waals surface area contributed by atoms with Gasteiger partial charge in [0.15, 0.2) is 0 Å². The summed E-state index contributed by atoms with van der Waals surface area (Å²) in [6, 6.07) is 3.97. The minimum Gasteiger partial charge on any atom is -0.354 e. The molecule has 1 aliphatic heterocycles. The second-order valence-corrected chi connectivity index (χ2v) is 6.37. The van der Waals surface area contributed by atoms with Crippen LogP contribution in [0.4, 0.5) is 0 Å². The summed E-state index contributed by atoms with van der Waals surface area (Å²) in [6.45, 7) is 7.86. The van der Waals surface area contributed by atoms with Gasteiger partial charge in [0.05, 0.1) is 6.54 Å². The molecule has 0 fully saturated rings. The Morgan fingerprint density at radius 2 is 2.45 bits per heavy atom. The van der Waals surface area contributed by atoms with E-state index in [0.717, 1.165) is 37.5 Å². The van der Waals surface area contributed by atoms with Gasteiger partial charge in [-0.1, -0.05) is 24.4 Å². The Bertz CT molecular complexity index is 548. The van der Waals surface area contributed by atoms with Gasteiger partial charge in [0.1, 0.15) is 5.84 Å². The van der Waals surface area contributed by atoms with Gasteiger partial charge in [-0.05, 0) is 18.6 Å². The Labute approximate surface area is 134 Å². The van der Waals surface area contributed by atoms with E-state index in [1.807, 2.05) is 18.3 Å². The Morgan fingerprint density at radius 3 is 3.09 bits per heavy atom. The Balaban J connectivity index is 1.84. The predicted octanol–water partition coefficient (Wildman–Crippen LogP) is 2.60. The number of nitrogens with zero attached hydrogens (tertiary/aromatic N) is 4. The molecule has 0 saturated heterocycles. The van der Waals surface area contributed by atoms with Crippen LogP contribution in [0, 0.1) is 10.1 Å². The van der Waals surface area contributed by atoms with Crippen LogP contribution in [-0.4, -0.2) is 44.9 Å². The first-order chi connectivity index (χ1) is 10.6. The normalized spacial score (nSPS) is 15.5. The molecule has 0 bridgehead atoms. The summed E-state index contributed by atoms with van der Waals surface area (Å²) >= 11 is 1.31. The number of thioether (sulfide) groups is 1. The molecule has 2 rings (SSSR count). The number of pyridine rings is 1. The topological polar surface area (TPSA) is 71.6 Å². The number of rotatable bonds is 8. The van der Waals surface area contributed by atoms with Gasteiger partial charge in [0.2, 0.25) is 0 Å². The average molecular weight is 320 g/mol. The Hall–Kier alpha value is -1.89. The van der Waals surface area contributed by atoms with Crippen molar-refractivity contribution in [1.82, 2.24) is 9.88 Å². The maximum absolute atomic E-state index is 10.9. The molecule has 0 aliphatic carbocycles. The third-order valence-corrected chi connectivity index (χ3v) is 4.67. The van der Waals surface area contributed by atoms with Gasteiger partial charge in [-0.25, -0.2) is 0 Å². The first-order valence-corrected chi connectivity index (χ1v) is 8.20. The van der Waals surface area contributed by atoms with Crippen LogP contribution in [-0.2, 0) is 6.54 Å². The van der Waals surface area contributed by atoms with E-state index in [1.54, 1.807) is 13.1 Å². The largest absolute Gasteiger partial charge is 0.354 e. The van der Waals surface area contributed by atoms with E-state index in [9.17, 15) is 10.1 Å². The minimum atomic E-state index is -0.728. The molecule has 118 valence electrons. The number of amidine groups is 1. The fourth-order valence-electron chi connectivity index (χ4n) is 2.29. The summed E-state index contributed by atoms with van der Waals surface area (Å²) < 4.78 is 0. The summed E-state index contributed by atoms with van der Waals surface area (Å²) in [7, 11) is 0. The lowest BCUT2D eigenvalue weighted by atomic mass is 10.2. The third kappa shape index (κ3) is 4.56. The molecule has 0 radical (unpaired) electrons. The van der Waals surface area contributed by atoms with Crippen molar-refractivity contribution < 1.29 is 4.92 Å². The minimum absolute atomic E-state index is 0.281. The molecule has 1 aromatic rings. The highest BCUT2D eigenvalue weighted by atomic mass is 32.2. The standard InChI is InChI=1S/C15H20N4O2S/c1-12(2)15(19(20)21)22-9-5-14-17-7-8-18(14)11-13-4-3-6-16-10-13/h3-4,6,10,15H,1,5,7-9,11H2,2H3. The van der Waals surface area contributed by atoms with E-state index in [1.165, 1.54) is 11.8 Å². The highest BCUT2D eigenvalue weighted by molar-refractivity contribution is 7.99. The van der Waals surface area contributed by atoms with Crippen LogP contribution in [0.1, 0.15) is 18.9 Å². The maximum atomic E-state index is 10.9. The van der Waals surface area contributed by atoms with Gasteiger partial charge < -0.3 is 4.90 Å². The lowest BCUT2D eigenvalue weighted by Gasteiger charge is -2.20. The van der Waals surface area contributed by atoms with Crippen molar-refractivity contribution in [3.63, 3.8) is 0 Å². The van der Waals surface area contributed by atoms with Crippen LogP contribution < -0.4 is 0 Å². The molecule has 0 aromatic carbocycles. The molecule has 22 heavy (non-hydrogen) atoms. The molecule has 1 aromatic heterocycles. The average Bonchev–Trinajstić information content (AvgIpc) is 2.91. The zero-order chi connectivity index (χ0) is 15.9. The number of hydrogen-bond donors (Lipinski definition) is 0. The first kappa shape index (κ1) is 16.5. The number of hydrogen-bond acceptors (Lipinski definition) is 6. The van der Waals surface area contributed by atoms with Gasteiger partial charge in [-0.15, -0.1) is 0 Å². The van der Waals surface area contributed by atoms with Crippen molar-refractivity contribution in [1.29, 1.82) is 0 Å². The first-order valence-electron chi connectivity index (χ1n) is 7.15. The lowest BCUT2D eigenvalue weighted by molar-refractivity contribution is -0.485. The van der Waals surface area contributed by atoms with Gasteiger partial charge >= 0.3 is 0 Å². The highest BCUT2D eigenvalue weighted by Crippen LogP contribution is 2.21. The van der Waals surface area contributed by atoms with Crippen LogP contribution in [0.2, 0.25) is 0 Å². The lowest BCUT2D eigenvalue weighted by Crippen LogP contribution is -2.28. The van der Waals surface area contributed by atoms with E-state index >= 15 is 0 Å². The third-order valence-electron chi connectivity index (χ3n) is 3.34. The Morgan fingerprint density at radius 1 is 1.64 bits per heavy atom. The molecule has 0 amide bonds. The summed E-state index contributed by atoms with van der Waals surface area (Å²) in [5.74, 6) is 1.70. The van der Waals surface area contributed by atoms with Crippen LogP contribution in [0.25, 0.3) is 0 Å². The summed E-state index contributed by atoms with van der Waals surface area (Å²) in [4.78, 5) is 21.5. The molecule has 1 unspecified atom stereocenters. The summed E-state index contributed by atoms with van der Waals surface area (Å²) in [5, 5.41) is 10.2. The van der Waals surface area contributed by atoms with E-state index < -0.39 is 5.37 Å². The SMILES string of the molecule is C=C(C)C(SCCC1=NCCN1Cc1cccnc1)[N+](=O)[O-]. The summed E-state index contributed by atoms with van der Waals surface area (Å²) in [5.41, 5.74) is 1.73. The number of aromatic nitrogens is 1. The second kappa shape index (κ2) is 7.93. The number of aliphatic imine (C=N–C) groups is 1. The number of nitro groups is 1. The van der Waals surface area contributed by atoms with Gasteiger partial charge in [-0.3, -0.25) is 20.1 Å². The van der Waals surface area contributed by atoms with Gasteiger partial charge in [0.25, 0.3) is 5.37 Å². The van der Waals surface area contributed by atoms with Crippen LogP contribution in [0.3, 0.4) is 0 Å². The molecule has 1 aliphatic rings. The summed E-state index contributed by atoms with van der Waals surface area (Å²) in [6.07, 6.45) is 4.35. The van der Waals surface area contributed by atoms with Gasteiger partial charge in [0, 0.05) is 48.2 Å². The van der Waals surface area contributed by atoms with Crippen molar-refractivity contribution in [2.75, 3.05) is 18.8 Å². The van der Waals surface area contributed by atoms with Crippen molar-refractivity contribution >= 4 is 17.6 Å². The highest BCUT2D eigenvalue weighted by Gasteiger charge is 2.23. The molecule has 0 spiro atoms. The van der Waals surface area contributed by atoms with E-state index in [0.29, 0.717) is 11.3 Å². The zero-order valence-corrected chi connectivity index (χ0v) is 13.5. The fourth-order valence-corrected chi connectivity index (χ4v) is 3.22. The van der Waals surface area contributed by atoms with E-state index in [-0.39, 0.29) is 4.92 Å². The quantitative estimate of drug-likeness (QED) is 0.319. The molecule has 7 heteroatoms. The molecule has 0 N–H and O–H groups in total. The monoisotopic (exact) mass is 320 g/mol. The fraction of sp³-hybridized carbons (Fsp3) is 0.467. The molecule has 0 saturated carbocycles. The zero-order valence-electron chi connectivity index (χ0n) is 12.6. The second-order valence-electron chi connectivity index (χ2n) is 5.19. The van der Waals surface area contributed by atoms with Crippen LogP contribution in [0.15, 0.2) is 41.7 Å². The predicted molar refractivity (Wildman–Crippen MR) is 89.6 cm³/mol. The van der Waals surface area contributed by atoms with E-state index in [2.05, 4.69) is 21.5 Å².